The van der Waals surface area contributed by atoms with Gasteiger partial charge in [0.25, 0.3) is 0 Å². The minimum Gasteiger partial charge on any atom is -0.381 e. The zero-order chi connectivity index (χ0) is 11.5. The first-order valence-corrected chi connectivity index (χ1v) is 6.35. The smallest absolute Gasteiger partial charge is 0.241 e. The molecule has 2 rings (SSSR count). The Bertz CT molecular complexity index is 251. The van der Waals surface area contributed by atoms with Gasteiger partial charge >= 0.3 is 0 Å². The standard InChI is InChI=1S/C12H22N2O2/c1-3-4-11-12(15)14(8-13-11)9(2)10-5-6-16-7-10/h9-11,13H,3-8H2,1-2H3. The van der Waals surface area contributed by atoms with Crippen LogP contribution in [0, 0.1) is 5.92 Å². The van der Waals surface area contributed by atoms with Crippen molar-refractivity contribution in [2.24, 2.45) is 5.92 Å². The second-order valence-electron chi connectivity index (χ2n) is 4.88. The number of carbonyl (C=O) groups is 1. The molecule has 0 bridgehead atoms. The number of ether oxygens (including phenoxy) is 1. The summed E-state index contributed by atoms with van der Waals surface area (Å²) in [6.45, 7) is 6.63. The van der Waals surface area contributed by atoms with E-state index in [-0.39, 0.29) is 11.9 Å². The highest BCUT2D eigenvalue weighted by atomic mass is 16.5. The predicted molar refractivity (Wildman–Crippen MR) is 61.9 cm³/mol. The van der Waals surface area contributed by atoms with Gasteiger partial charge in [-0.2, -0.15) is 0 Å². The van der Waals surface area contributed by atoms with E-state index in [1.807, 2.05) is 4.90 Å². The van der Waals surface area contributed by atoms with Gasteiger partial charge in [0.15, 0.2) is 0 Å². The zero-order valence-electron chi connectivity index (χ0n) is 10.2. The molecule has 0 saturated carbocycles. The van der Waals surface area contributed by atoms with Gasteiger partial charge in [-0.25, -0.2) is 0 Å². The van der Waals surface area contributed by atoms with Gasteiger partial charge in [0.2, 0.25) is 5.91 Å². The van der Waals surface area contributed by atoms with Crippen LogP contribution in [0.15, 0.2) is 0 Å². The number of rotatable bonds is 4. The second-order valence-corrected chi connectivity index (χ2v) is 4.88. The maximum absolute atomic E-state index is 12.1. The Kier molecular flexibility index (Phi) is 3.82. The largest absolute Gasteiger partial charge is 0.381 e. The summed E-state index contributed by atoms with van der Waals surface area (Å²) >= 11 is 0. The van der Waals surface area contributed by atoms with E-state index in [2.05, 4.69) is 19.2 Å². The molecule has 1 N–H and O–H groups in total. The third-order valence-electron chi connectivity index (χ3n) is 3.81. The number of nitrogens with zero attached hydrogens (tertiary/aromatic N) is 1. The molecule has 4 heteroatoms. The van der Waals surface area contributed by atoms with Crippen molar-refractivity contribution in [3.63, 3.8) is 0 Å². The molecule has 92 valence electrons. The molecule has 0 aromatic rings. The molecular weight excluding hydrogens is 204 g/mol. The van der Waals surface area contributed by atoms with Crippen molar-refractivity contribution in [2.75, 3.05) is 19.9 Å². The van der Waals surface area contributed by atoms with Crippen LogP contribution in [0.4, 0.5) is 0 Å². The lowest BCUT2D eigenvalue weighted by Gasteiger charge is -2.28. The Hall–Kier alpha value is -0.610. The summed E-state index contributed by atoms with van der Waals surface area (Å²) in [5.74, 6) is 0.798. The number of carbonyl (C=O) groups excluding carboxylic acids is 1. The second kappa shape index (κ2) is 5.15. The Labute approximate surface area is 97.3 Å². The van der Waals surface area contributed by atoms with Crippen molar-refractivity contribution in [3.8, 4) is 0 Å². The fourth-order valence-corrected chi connectivity index (χ4v) is 2.62. The minimum absolute atomic E-state index is 0.0507. The molecule has 2 aliphatic rings. The first-order chi connectivity index (χ1) is 7.74. The molecule has 0 spiro atoms. The lowest BCUT2D eigenvalue weighted by atomic mass is 9.99. The van der Waals surface area contributed by atoms with Gasteiger partial charge in [0.1, 0.15) is 0 Å². The highest BCUT2D eigenvalue weighted by Crippen LogP contribution is 2.23. The highest BCUT2D eigenvalue weighted by Gasteiger charge is 2.36. The molecule has 2 saturated heterocycles. The van der Waals surface area contributed by atoms with Crippen LogP contribution >= 0.6 is 0 Å². The summed E-state index contributed by atoms with van der Waals surface area (Å²) < 4.78 is 5.39. The summed E-state index contributed by atoms with van der Waals surface area (Å²) in [7, 11) is 0. The van der Waals surface area contributed by atoms with Crippen LogP contribution in [-0.4, -0.2) is 42.8 Å². The fraction of sp³-hybridized carbons (Fsp3) is 0.917. The van der Waals surface area contributed by atoms with Crippen LogP contribution in [0.3, 0.4) is 0 Å². The van der Waals surface area contributed by atoms with Crippen molar-refractivity contribution in [2.45, 2.75) is 45.2 Å². The first kappa shape index (κ1) is 11.9. The molecule has 0 aromatic heterocycles. The number of hydrogen-bond acceptors (Lipinski definition) is 3. The Morgan fingerprint density at radius 1 is 1.62 bits per heavy atom. The molecule has 2 heterocycles. The molecule has 0 radical (unpaired) electrons. The van der Waals surface area contributed by atoms with Gasteiger partial charge in [0, 0.05) is 18.6 Å². The summed E-state index contributed by atoms with van der Waals surface area (Å²) in [5, 5.41) is 3.30. The van der Waals surface area contributed by atoms with Gasteiger partial charge in [-0.3, -0.25) is 10.1 Å². The molecule has 2 fully saturated rings. The maximum atomic E-state index is 12.1. The van der Waals surface area contributed by atoms with Crippen LogP contribution < -0.4 is 5.32 Å². The van der Waals surface area contributed by atoms with E-state index < -0.39 is 0 Å². The van der Waals surface area contributed by atoms with E-state index in [1.54, 1.807) is 0 Å². The predicted octanol–water partition coefficient (Wildman–Crippen LogP) is 0.969. The topological polar surface area (TPSA) is 41.6 Å². The van der Waals surface area contributed by atoms with E-state index in [4.69, 9.17) is 4.74 Å². The average molecular weight is 226 g/mol. The van der Waals surface area contributed by atoms with E-state index >= 15 is 0 Å². The monoisotopic (exact) mass is 226 g/mol. The zero-order valence-corrected chi connectivity index (χ0v) is 10.2. The number of hydrogen-bond donors (Lipinski definition) is 1. The third kappa shape index (κ3) is 2.23. The van der Waals surface area contributed by atoms with Gasteiger partial charge in [-0.1, -0.05) is 13.3 Å². The number of amides is 1. The lowest BCUT2D eigenvalue weighted by Crippen LogP contribution is -2.41. The third-order valence-corrected chi connectivity index (χ3v) is 3.81. The molecular formula is C12H22N2O2. The SMILES string of the molecule is CCCC1NCN(C(C)C2CCOC2)C1=O. The van der Waals surface area contributed by atoms with Gasteiger partial charge < -0.3 is 9.64 Å². The van der Waals surface area contributed by atoms with Crippen molar-refractivity contribution < 1.29 is 9.53 Å². The van der Waals surface area contributed by atoms with Crippen LogP contribution in [0.2, 0.25) is 0 Å². The van der Waals surface area contributed by atoms with Crippen LogP contribution in [0.5, 0.6) is 0 Å². The molecule has 3 unspecified atom stereocenters. The van der Waals surface area contributed by atoms with E-state index in [0.717, 1.165) is 32.5 Å². The van der Waals surface area contributed by atoms with E-state index in [9.17, 15) is 4.79 Å². The van der Waals surface area contributed by atoms with Crippen LogP contribution in [-0.2, 0) is 9.53 Å². The average Bonchev–Trinajstić information content (AvgIpc) is 2.89. The van der Waals surface area contributed by atoms with Gasteiger partial charge in [0.05, 0.1) is 19.3 Å². The molecule has 16 heavy (non-hydrogen) atoms. The van der Waals surface area contributed by atoms with Gasteiger partial charge in [-0.15, -0.1) is 0 Å². The van der Waals surface area contributed by atoms with Gasteiger partial charge in [-0.05, 0) is 19.8 Å². The Morgan fingerprint density at radius 2 is 2.44 bits per heavy atom. The lowest BCUT2D eigenvalue weighted by molar-refractivity contribution is -0.131. The Morgan fingerprint density at radius 3 is 3.06 bits per heavy atom. The molecule has 1 amide bonds. The molecule has 3 atom stereocenters. The highest BCUT2D eigenvalue weighted by molar-refractivity contribution is 5.84. The summed E-state index contributed by atoms with van der Waals surface area (Å²) in [4.78, 5) is 14.1. The molecule has 2 aliphatic heterocycles. The van der Waals surface area contributed by atoms with E-state index in [0.29, 0.717) is 18.6 Å². The number of nitrogens with one attached hydrogen (secondary N) is 1. The minimum atomic E-state index is 0.0507. The Balaban J connectivity index is 1.92. The van der Waals surface area contributed by atoms with E-state index in [1.165, 1.54) is 0 Å². The summed E-state index contributed by atoms with van der Waals surface area (Å²) in [5.41, 5.74) is 0. The van der Waals surface area contributed by atoms with Crippen LogP contribution in [0.1, 0.15) is 33.1 Å². The van der Waals surface area contributed by atoms with Crippen molar-refractivity contribution in [3.05, 3.63) is 0 Å². The first-order valence-electron chi connectivity index (χ1n) is 6.35. The van der Waals surface area contributed by atoms with Crippen molar-refractivity contribution in [1.82, 2.24) is 10.2 Å². The molecule has 4 nitrogen and oxygen atoms in total. The fourth-order valence-electron chi connectivity index (χ4n) is 2.62. The molecule has 0 aromatic carbocycles. The normalized spacial score (nSPS) is 32.4. The quantitative estimate of drug-likeness (QED) is 0.776. The van der Waals surface area contributed by atoms with Crippen LogP contribution in [0.25, 0.3) is 0 Å². The summed E-state index contributed by atoms with van der Waals surface area (Å²) in [6.07, 6.45) is 3.09. The van der Waals surface area contributed by atoms with Crippen molar-refractivity contribution >= 4 is 5.91 Å². The maximum Gasteiger partial charge on any atom is 0.241 e. The summed E-state index contributed by atoms with van der Waals surface area (Å²) in [6, 6.07) is 0.360. The molecule has 0 aliphatic carbocycles. The van der Waals surface area contributed by atoms with Crippen molar-refractivity contribution in [1.29, 1.82) is 0 Å².